The van der Waals surface area contributed by atoms with Crippen LogP contribution < -0.4 is 4.74 Å². The van der Waals surface area contributed by atoms with Crippen molar-refractivity contribution in [3.8, 4) is 5.75 Å². The molecule has 0 aliphatic carbocycles. The van der Waals surface area contributed by atoms with E-state index >= 15 is 0 Å². The highest BCUT2D eigenvalue weighted by molar-refractivity contribution is 5.93. The van der Waals surface area contributed by atoms with Crippen LogP contribution in [0.2, 0.25) is 0 Å². The molecule has 0 amide bonds. The minimum absolute atomic E-state index is 0. The highest BCUT2D eigenvalue weighted by Crippen LogP contribution is 2.26. The van der Waals surface area contributed by atoms with E-state index in [0.717, 1.165) is 5.56 Å². The summed E-state index contributed by atoms with van der Waals surface area (Å²) >= 11 is 0. The van der Waals surface area contributed by atoms with E-state index in [4.69, 9.17) is 9.57 Å². The van der Waals surface area contributed by atoms with Gasteiger partial charge in [0.15, 0.2) is 0 Å². The average molecular weight is 316 g/mol. The first kappa shape index (κ1) is 19.4. The third kappa shape index (κ3) is 5.36. The fraction of sp³-hybridized carbons (Fsp3) is 0.467. The van der Waals surface area contributed by atoms with Crippen LogP contribution in [0.1, 0.15) is 43.6 Å². The van der Waals surface area contributed by atoms with E-state index in [9.17, 15) is 9.59 Å². The standard InChI is InChI=1S/C15H21NO4.ClH/c1-5-12-9-8-10-13(14(12)19-11(4)17)15(18)20-16(6-2)7-3;/h8-10H,5-7H2,1-4H3;1H. The van der Waals surface area contributed by atoms with E-state index in [-0.39, 0.29) is 18.0 Å². The van der Waals surface area contributed by atoms with Gasteiger partial charge in [-0.3, -0.25) is 4.79 Å². The molecule has 0 saturated carbocycles. The van der Waals surface area contributed by atoms with Crippen LogP contribution in [0.15, 0.2) is 18.2 Å². The van der Waals surface area contributed by atoms with Gasteiger partial charge in [0.25, 0.3) is 0 Å². The Bertz CT molecular complexity index is 487. The molecule has 0 aliphatic rings. The summed E-state index contributed by atoms with van der Waals surface area (Å²) in [6.07, 6.45) is 0.662. The molecule has 0 radical (unpaired) electrons. The molecule has 0 aliphatic heterocycles. The second-order valence-corrected chi connectivity index (χ2v) is 4.23. The quantitative estimate of drug-likeness (QED) is 0.459. The number of hydroxylamine groups is 2. The molecule has 0 unspecified atom stereocenters. The number of ether oxygens (including phenoxy) is 1. The smallest absolute Gasteiger partial charge is 0.360 e. The van der Waals surface area contributed by atoms with Gasteiger partial charge in [0.1, 0.15) is 11.3 Å². The molecule has 0 spiro atoms. The predicted molar refractivity (Wildman–Crippen MR) is 82.7 cm³/mol. The van der Waals surface area contributed by atoms with Crippen LogP contribution >= 0.6 is 12.4 Å². The first-order valence-electron chi connectivity index (χ1n) is 6.80. The molecule has 1 aromatic carbocycles. The van der Waals surface area contributed by atoms with Crippen LogP contribution in [-0.2, 0) is 16.1 Å². The van der Waals surface area contributed by atoms with Crippen LogP contribution in [0.25, 0.3) is 0 Å². The summed E-state index contributed by atoms with van der Waals surface area (Å²) in [6.45, 7) is 8.23. The van der Waals surface area contributed by atoms with Crippen LogP contribution in [0.3, 0.4) is 0 Å². The van der Waals surface area contributed by atoms with Gasteiger partial charge in [-0.25, -0.2) is 4.79 Å². The van der Waals surface area contributed by atoms with Gasteiger partial charge in [-0.05, 0) is 31.9 Å². The summed E-state index contributed by atoms with van der Waals surface area (Å²) in [7, 11) is 0. The molecule has 6 heteroatoms. The monoisotopic (exact) mass is 315 g/mol. The zero-order valence-electron chi connectivity index (χ0n) is 12.8. The van der Waals surface area contributed by atoms with E-state index in [0.29, 0.717) is 25.3 Å². The highest BCUT2D eigenvalue weighted by Gasteiger charge is 2.20. The molecule has 0 N–H and O–H groups in total. The topological polar surface area (TPSA) is 55.8 Å². The zero-order chi connectivity index (χ0) is 15.1. The van der Waals surface area contributed by atoms with Gasteiger partial charge in [-0.1, -0.05) is 19.1 Å². The van der Waals surface area contributed by atoms with Gasteiger partial charge in [0.05, 0.1) is 0 Å². The molecule has 0 fully saturated rings. The molecule has 0 aromatic heterocycles. The van der Waals surface area contributed by atoms with Crippen molar-refractivity contribution in [1.29, 1.82) is 0 Å². The molecule has 1 rings (SSSR count). The Balaban J connectivity index is 0.00000400. The van der Waals surface area contributed by atoms with Crippen molar-refractivity contribution in [2.45, 2.75) is 34.1 Å². The number of benzene rings is 1. The van der Waals surface area contributed by atoms with Crippen molar-refractivity contribution < 1.29 is 19.2 Å². The molecular weight excluding hydrogens is 294 g/mol. The summed E-state index contributed by atoms with van der Waals surface area (Å²) in [6, 6.07) is 5.18. The van der Waals surface area contributed by atoms with Crippen LogP contribution in [0.4, 0.5) is 0 Å². The van der Waals surface area contributed by atoms with Crippen molar-refractivity contribution in [3.05, 3.63) is 29.3 Å². The molecule has 0 bridgehead atoms. The van der Waals surface area contributed by atoms with Crippen molar-refractivity contribution in [2.24, 2.45) is 0 Å². The predicted octanol–water partition coefficient (Wildman–Crippen LogP) is 3.01. The first-order chi connectivity index (χ1) is 9.53. The lowest BCUT2D eigenvalue weighted by atomic mass is 10.1. The second kappa shape index (κ2) is 9.37. The minimum atomic E-state index is -0.514. The van der Waals surface area contributed by atoms with E-state index < -0.39 is 11.9 Å². The number of halogens is 1. The third-order valence-electron chi connectivity index (χ3n) is 2.86. The van der Waals surface area contributed by atoms with Crippen LogP contribution in [-0.4, -0.2) is 30.1 Å². The summed E-state index contributed by atoms with van der Waals surface area (Å²) in [5, 5.41) is 1.54. The summed E-state index contributed by atoms with van der Waals surface area (Å²) in [5.41, 5.74) is 1.07. The Labute approximate surface area is 131 Å². The maximum atomic E-state index is 12.2. The van der Waals surface area contributed by atoms with Gasteiger partial charge in [0.2, 0.25) is 0 Å². The van der Waals surface area contributed by atoms with Gasteiger partial charge < -0.3 is 9.57 Å². The van der Waals surface area contributed by atoms with E-state index in [2.05, 4.69) is 0 Å². The molecule has 21 heavy (non-hydrogen) atoms. The van der Waals surface area contributed by atoms with Crippen LogP contribution in [0.5, 0.6) is 5.75 Å². The number of para-hydroxylation sites is 1. The number of rotatable bonds is 6. The maximum Gasteiger partial charge on any atom is 0.360 e. The van der Waals surface area contributed by atoms with Gasteiger partial charge >= 0.3 is 11.9 Å². The largest absolute Gasteiger partial charge is 0.426 e. The molecule has 0 heterocycles. The van der Waals surface area contributed by atoms with Crippen molar-refractivity contribution >= 4 is 24.3 Å². The van der Waals surface area contributed by atoms with E-state index in [1.807, 2.05) is 26.8 Å². The average Bonchev–Trinajstić information content (AvgIpc) is 2.44. The number of carbonyl (C=O) groups is 2. The summed E-state index contributed by atoms with van der Waals surface area (Å²) < 4.78 is 5.18. The van der Waals surface area contributed by atoms with E-state index in [1.165, 1.54) is 6.92 Å². The Morgan fingerprint density at radius 2 is 1.76 bits per heavy atom. The molecular formula is C15H22ClNO4. The fourth-order valence-corrected chi connectivity index (χ4v) is 1.81. The normalized spacial score (nSPS) is 9.95. The third-order valence-corrected chi connectivity index (χ3v) is 2.86. The molecule has 0 saturated heterocycles. The molecule has 118 valence electrons. The SMILES string of the molecule is CCc1cccc(C(=O)ON(CC)CC)c1OC(C)=O.Cl. The lowest BCUT2D eigenvalue weighted by molar-refractivity contribution is -0.132. The Hall–Kier alpha value is -1.59. The highest BCUT2D eigenvalue weighted by atomic mass is 35.5. The van der Waals surface area contributed by atoms with Crippen molar-refractivity contribution in [2.75, 3.05) is 13.1 Å². The lowest BCUT2D eigenvalue weighted by Crippen LogP contribution is -2.27. The number of carbonyl (C=O) groups excluding carboxylic acids is 2. The Kier molecular flexibility index (Phi) is 8.66. The zero-order valence-corrected chi connectivity index (χ0v) is 13.7. The number of hydrogen-bond donors (Lipinski definition) is 0. The second-order valence-electron chi connectivity index (χ2n) is 4.23. The van der Waals surface area contributed by atoms with E-state index in [1.54, 1.807) is 17.2 Å². The minimum Gasteiger partial charge on any atom is -0.426 e. The number of nitrogens with zero attached hydrogens (tertiary/aromatic N) is 1. The molecule has 5 nitrogen and oxygen atoms in total. The molecule has 1 aromatic rings. The molecule has 0 atom stereocenters. The Morgan fingerprint density at radius 3 is 2.24 bits per heavy atom. The van der Waals surface area contributed by atoms with Gasteiger partial charge in [-0.2, -0.15) is 0 Å². The number of hydrogen-bond acceptors (Lipinski definition) is 5. The first-order valence-corrected chi connectivity index (χ1v) is 6.80. The van der Waals surface area contributed by atoms with Gasteiger partial charge in [0, 0.05) is 20.0 Å². The summed E-state index contributed by atoms with van der Waals surface area (Å²) in [5.74, 6) is -0.678. The number of esters is 1. The number of aryl methyl sites for hydroxylation is 1. The van der Waals surface area contributed by atoms with Crippen molar-refractivity contribution in [1.82, 2.24) is 5.06 Å². The summed E-state index contributed by atoms with van der Waals surface area (Å²) in [4.78, 5) is 28.7. The van der Waals surface area contributed by atoms with Crippen molar-refractivity contribution in [3.63, 3.8) is 0 Å². The maximum absolute atomic E-state index is 12.2. The fourth-order valence-electron chi connectivity index (χ4n) is 1.81. The van der Waals surface area contributed by atoms with Gasteiger partial charge in [-0.15, -0.1) is 17.5 Å². The lowest BCUT2D eigenvalue weighted by Gasteiger charge is -2.18. The van der Waals surface area contributed by atoms with Crippen LogP contribution in [0, 0.1) is 0 Å². The Morgan fingerprint density at radius 1 is 1.14 bits per heavy atom.